The molecule has 1 heterocycles. The number of ketones is 1. The second-order valence-corrected chi connectivity index (χ2v) is 8.80. The number of carbonyl (C=O) groups excluding carboxylic acids is 2. The Morgan fingerprint density at radius 2 is 2.04 bits per heavy atom. The van der Waals surface area contributed by atoms with Crippen molar-refractivity contribution in [3.8, 4) is 0 Å². The number of carbonyl (C=O) groups is 2. The smallest absolute Gasteiger partial charge is 0.287 e. The summed E-state index contributed by atoms with van der Waals surface area (Å²) in [5.74, 6) is 1.59. The van der Waals surface area contributed by atoms with Crippen LogP contribution in [0.3, 0.4) is 0 Å². The normalized spacial score (nSPS) is 15.5. The van der Waals surface area contributed by atoms with Crippen molar-refractivity contribution in [2.24, 2.45) is 5.41 Å². The first-order valence-corrected chi connectivity index (χ1v) is 10.2. The SMILES string of the molecule is Cc1c(C(=O)NCCSCc2ccccc2F)oc2c1C(=O)CC(C)(C)C2. The molecule has 1 aliphatic carbocycles. The average Bonchev–Trinajstić information content (AvgIpc) is 2.91. The fourth-order valence-corrected chi connectivity index (χ4v) is 4.26. The number of nitrogens with one attached hydrogen (secondary N) is 1. The minimum atomic E-state index is -0.306. The zero-order valence-electron chi connectivity index (χ0n) is 15.9. The van der Waals surface area contributed by atoms with Crippen LogP contribution in [-0.2, 0) is 12.2 Å². The van der Waals surface area contributed by atoms with Crippen molar-refractivity contribution in [1.29, 1.82) is 0 Å². The van der Waals surface area contributed by atoms with Gasteiger partial charge in [-0.15, -0.1) is 0 Å². The molecule has 144 valence electrons. The number of amides is 1. The Balaban J connectivity index is 1.55. The van der Waals surface area contributed by atoms with E-state index in [2.05, 4.69) is 5.32 Å². The van der Waals surface area contributed by atoms with Crippen molar-refractivity contribution in [2.75, 3.05) is 12.3 Å². The maximum absolute atomic E-state index is 13.6. The third-order valence-electron chi connectivity index (χ3n) is 4.73. The summed E-state index contributed by atoms with van der Waals surface area (Å²) >= 11 is 1.55. The number of benzene rings is 1. The highest BCUT2D eigenvalue weighted by molar-refractivity contribution is 7.98. The summed E-state index contributed by atoms with van der Waals surface area (Å²) in [4.78, 5) is 24.8. The van der Waals surface area contributed by atoms with Crippen molar-refractivity contribution >= 4 is 23.5 Å². The van der Waals surface area contributed by atoms with Gasteiger partial charge in [0.05, 0.1) is 5.56 Å². The Morgan fingerprint density at radius 1 is 1.30 bits per heavy atom. The number of Topliss-reactive ketones (excluding diaryl/α,β-unsaturated/α-hetero) is 1. The maximum atomic E-state index is 13.6. The van der Waals surface area contributed by atoms with E-state index < -0.39 is 0 Å². The molecule has 1 aromatic heterocycles. The van der Waals surface area contributed by atoms with E-state index in [-0.39, 0.29) is 28.7 Å². The first-order valence-electron chi connectivity index (χ1n) is 9.03. The second-order valence-electron chi connectivity index (χ2n) is 7.70. The fourth-order valence-electron chi connectivity index (χ4n) is 3.41. The van der Waals surface area contributed by atoms with Gasteiger partial charge in [-0.05, 0) is 24.0 Å². The van der Waals surface area contributed by atoms with E-state index in [1.54, 1.807) is 30.8 Å². The Labute approximate surface area is 162 Å². The van der Waals surface area contributed by atoms with E-state index in [4.69, 9.17) is 4.42 Å². The van der Waals surface area contributed by atoms with Crippen LogP contribution >= 0.6 is 11.8 Å². The summed E-state index contributed by atoms with van der Waals surface area (Å²) in [6.07, 6.45) is 1.12. The molecule has 1 aromatic carbocycles. The van der Waals surface area contributed by atoms with Crippen molar-refractivity contribution in [1.82, 2.24) is 5.32 Å². The van der Waals surface area contributed by atoms with E-state index >= 15 is 0 Å². The van der Waals surface area contributed by atoms with Crippen LogP contribution < -0.4 is 5.32 Å². The van der Waals surface area contributed by atoms with Crippen LogP contribution in [0.15, 0.2) is 28.7 Å². The second kappa shape index (κ2) is 7.89. The first kappa shape index (κ1) is 19.7. The molecule has 6 heteroatoms. The lowest BCUT2D eigenvalue weighted by Gasteiger charge is -2.27. The fraction of sp³-hybridized carbons (Fsp3) is 0.429. The number of rotatable bonds is 6. The predicted molar refractivity (Wildman–Crippen MR) is 105 cm³/mol. The standard InChI is InChI=1S/C21H24FNO3S/c1-13-18-16(24)10-21(2,3)11-17(18)26-19(13)20(25)23-8-9-27-12-14-6-4-5-7-15(14)22/h4-7H,8-12H2,1-3H3,(H,23,25). The highest BCUT2D eigenvalue weighted by Gasteiger charge is 2.36. The monoisotopic (exact) mass is 389 g/mol. The molecular weight excluding hydrogens is 365 g/mol. The minimum absolute atomic E-state index is 0.0435. The molecule has 0 aliphatic heterocycles. The van der Waals surface area contributed by atoms with Gasteiger partial charge in [0.15, 0.2) is 11.5 Å². The summed E-state index contributed by atoms with van der Waals surface area (Å²) < 4.78 is 19.3. The highest BCUT2D eigenvalue weighted by atomic mass is 32.2. The third-order valence-corrected chi connectivity index (χ3v) is 5.74. The van der Waals surface area contributed by atoms with Gasteiger partial charge in [-0.3, -0.25) is 9.59 Å². The van der Waals surface area contributed by atoms with Crippen LogP contribution in [0, 0.1) is 18.2 Å². The topological polar surface area (TPSA) is 59.3 Å². The van der Waals surface area contributed by atoms with Gasteiger partial charge in [0.1, 0.15) is 11.6 Å². The van der Waals surface area contributed by atoms with E-state index in [0.29, 0.717) is 53.3 Å². The van der Waals surface area contributed by atoms with Crippen LogP contribution in [0.5, 0.6) is 0 Å². The van der Waals surface area contributed by atoms with Crippen molar-refractivity contribution in [3.05, 3.63) is 58.3 Å². The molecule has 3 rings (SSSR count). The molecule has 0 bridgehead atoms. The average molecular weight is 389 g/mol. The molecule has 1 N–H and O–H groups in total. The Kier molecular flexibility index (Phi) is 5.75. The van der Waals surface area contributed by atoms with Crippen LogP contribution in [-0.4, -0.2) is 24.0 Å². The van der Waals surface area contributed by atoms with Gasteiger partial charge in [0.25, 0.3) is 5.91 Å². The molecule has 0 spiro atoms. The van der Waals surface area contributed by atoms with E-state index in [9.17, 15) is 14.0 Å². The Bertz CT molecular complexity index is 872. The molecular formula is C21H24FNO3S. The lowest BCUT2D eigenvalue weighted by Crippen LogP contribution is -2.26. The van der Waals surface area contributed by atoms with E-state index in [1.807, 2.05) is 19.9 Å². The number of furan rings is 1. The van der Waals surface area contributed by atoms with Gasteiger partial charge in [0, 0.05) is 36.5 Å². The largest absolute Gasteiger partial charge is 0.455 e. The molecule has 0 fully saturated rings. The van der Waals surface area contributed by atoms with Crippen molar-refractivity contribution in [3.63, 3.8) is 0 Å². The van der Waals surface area contributed by atoms with Crippen LogP contribution in [0.2, 0.25) is 0 Å². The van der Waals surface area contributed by atoms with Crippen LogP contribution in [0.25, 0.3) is 0 Å². The highest BCUT2D eigenvalue weighted by Crippen LogP contribution is 2.38. The summed E-state index contributed by atoms with van der Waals surface area (Å²) in [5, 5.41) is 2.83. The number of thioether (sulfide) groups is 1. The quantitative estimate of drug-likeness (QED) is 0.737. The number of halogens is 1. The molecule has 4 nitrogen and oxygen atoms in total. The van der Waals surface area contributed by atoms with Gasteiger partial charge in [-0.1, -0.05) is 32.0 Å². The lowest BCUT2D eigenvalue weighted by atomic mass is 9.76. The van der Waals surface area contributed by atoms with Gasteiger partial charge in [0.2, 0.25) is 0 Å². The van der Waals surface area contributed by atoms with Crippen molar-refractivity contribution < 1.29 is 18.4 Å². The lowest BCUT2D eigenvalue weighted by molar-refractivity contribution is 0.0890. The van der Waals surface area contributed by atoms with Gasteiger partial charge in [-0.2, -0.15) is 11.8 Å². The molecule has 1 aliphatic rings. The number of hydrogen-bond acceptors (Lipinski definition) is 4. The molecule has 0 unspecified atom stereocenters. The summed E-state index contributed by atoms with van der Waals surface area (Å²) in [6.45, 7) is 6.26. The number of hydrogen-bond donors (Lipinski definition) is 1. The van der Waals surface area contributed by atoms with Gasteiger partial charge < -0.3 is 9.73 Å². The molecule has 0 saturated carbocycles. The predicted octanol–water partition coefficient (Wildman–Crippen LogP) is 4.55. The summed E-state index contributed by atoms with van der Waals surface area (Å²) in [7, 11) is 0. The van der Waals surface area contributed by atoms with E-state index in [0.717, 1.165) is 0 Å². The molecule has 1 amide bonds. The maximum Gasteiger partial charge on any atom is 0.287 e. The molecule has 0 atom stereocenters. The third kappa shape index (κ3) is 4.43. The van der Waals surface area contributed by atoms with Crippen LogP contribution in [0.1, 0.15) is 58.1 Å². The van der Waals surface area contributed by atoms with Gasteiger partial charge >= 0.3 is 0 Å². The minimum Gasteiger partial charge on any atom is -0.455 e. The first-order chi connectivity index (χ1) is 12.8. The van der Waals surface area contributed by atoms with Crippen LogP contribution in [0.4, 0.5) is 4.39 Å². The Morgan fingerprint density at radius 3 is 2.78 bits per heavy atom. The van der Waals surface area contributed by atoms with Gasteiger partial charge in [-0.25, -0.2) is 4.39 Å². The Hall–Kier alpha value is -2.08. The summed E-state index contributed by atoms with van der Waals surface area (Å²) in [6, 6.07) is 6.68. The van der Waals surface area contributed by atoms with Crippen molar-refractivity contribution in [2.45, 2.75) is 39.4 Å². The zero-order valence-corrected chi connectivity index (χ0v) is 16.7. The summed E-state index contributed by atoms with van der Waals surface area (Å²) in [5.41, 5.74) is 1.71. The zero-order chi connectivity index (χ0) is 19.6. The van der Waals surface area contributed by atoms with E-state index in [1.165, 1.54) is 6.07 Å². The molecule has 0 saturated heterocycles. The molecule has 2 aromatic rings. The molecule has 0 radical (unpaired) electrons. The number of fused-ring (bicyclic) bond motifs is 1. The molecule has 27 heavy (non-hydrogen) atoms.